The van der Waals surface area contributed by atoms with E-state index in [1.165, 1.54) is 27.1 Å². The van der Waals surface area contributed by atoms with E-state index in [4.69, 9.17) is 15.7 Å². The Balaban J connectivity index is 1.42. The van der Waals surface area contributed by atoms with E-state index in [0.29, 0.717) is 11.1 Å². The van der Waals surface area contributed by atoms with Gasteiger partial charge >= 0.3 is 0 Å². The summed E-state index contributed by atoms with van der Waals surface area (Å²) < 4.78 is 0. The van der Waals surface area contributed by atoms with Gasteiger partial charge in [0.2, 0.25) is 0 Å². The second-order valence-corrected chi connectivity index (χ2v) is 11.6. The molecule has 168 valence electrons. The fraction of sp³-hybridized carbons (Fsp3) is 0.143. The monoisotopic (exact) mass is 497 g/mol. The van der Waals surface area contributed by atoms with E-state index in [1.807, 2.05) is 17.8 Å². The van der Waals surface area contributed by atoms with Crippen molar-refractivity contribution in [3.8, 4) is 0 Å². The summed E-state index contributed by atoms with van der Waals surface area (Å²) in [6, 6.07) is 32.0. The van der Waals surface area contributed by atoms with E-state index >= 15 is 0 Å². The highest BCUT2D eigenvalue weighted by atomic mass is 32.2. The lowest BCUT2D eigenvalue weighted by molar-refractivity contribution is 0.893. The normalized spacial score (nSPS) is 17.5. The summed E-state index contributed by atoms with van der Waals surface area (Å²) in [5, 5.41) is 2.42. The van der Waals surface area contributed by atoms with Gasteiger partial charge in [0.1, 0.15) is 10.6 Å². The molecule has 34 heavy (non-hydrogen) atoms. The molecule has 2 aromatic heterocycles. The highest BCUT2D eigenvalue weighted by Gasteiger charge is 2.34. The highest BCUT2D eigenvalue weighted by Crippen LogP contribution is 2.55. The number of thiophene rings is 1. The number of nitrogens with zero attached hydrogens (tertiary/aromatic N) is 2. The molecular weight excluding hydrogens is 475 g/mol. The predicted molar refractivity (Wildman–Crippen MR) is 147 cm³/mol. The molecule has 0 unspecified atom stereocenters. The average molecular weight is 498 g/mol. The molecule has 0 fully saturated rings. The van der Waals surface area contributed by atoms with Gasteiger partial charge in [0, 0.05) is 15.9 Å². The number of hydrogen-bond acceptors (Lipinski definition) is 6. The summed E-state index contributed by atoms with van der Waals surface area (Å²) >= 11 is 5.46. The smallest absolute Gasteiger partial charge is 0.191 e. The second kappa shape index (κ2) is 9.45. The van der Waals surface area contributed by atoms with Gasteiger partial charge in [-0.2, -0.15) is 0 Å². The fourth-order valence-corrected chi connectivity index (χ4v) is 8.35. The minimum absolute atomic E-state index is 0.258. The van der Waals surface area contributed by atoms with Gasteiger partial charge in [-0.25, -0.2) is 9.97 Å². The van der Waals surface area contributed by atoms with Crippen molar-refractivity contribution in [1.82, 2.24) is 9.97 Å². The zero-order chi connectivity index (χ0) is 22.9. The van der Waals surface area contributed by atoms with Gasteiger partial charge in [-0.3, -0.25) is 0 Å². The first kappa shape index (κ1) is 21.7. The molecule has 0 aliphatic carbocycles. The lowest BCUT2D eigenvalue weighted by atomic mass is 9.98. The largest absolute Gasteiger partial charge is 0.383 e. The molecule has 0 bridgehead atoms. The molecule has 1 aliphatic rings. The standard InChI is InChI=1S/C28H23N3S3/c29-26-23-21-16-22(19-12-6-2-7-13-19)33-24(20-14-8-3-9-15-20)25(21)34-27(23)31-28(30-26)32-17-18-10-4-1-5-11-18/h1-15,22,24H,16-17H2,(H2,29,30,31)/t22-,24-/m1/s1. The third kappa shape index (κ3) is 4.22. The summed E-state index contributed by atoms with van der Waals surface area (Å²) in [6.45, 7) is 0. The van der Waals surface area contributed by atoms with Crippen LogP contribution in [0.3, 0.4) is 0 Å². The average Bonchev–Trinajstić information content (AvgIpc) is 3.27. The molecule has 6 rings (SSSR count). The van der Waals surface area contributed by atoms with Crippen molar-refractivity contribution < 1.29 is 0 Å². The first-order chi connectivity index (χ1) is 16.8. The number of anilines is 1. The van der Waals surface area contributed by atoms with Crippen LogP contribution < -0.4 is 5.73 Å². The summed E-state index contributed by atoms with van der Waals surface area (Å²) in [5.41, 5.74) is 11.9. The maximum absolute atomic E-state index is 6.60. The van der Waals surface area contributed by atoms with Crippen molar-refractivity contribution in [2.24, 2.45) is 0 Å². The van der Waals surface area contributed by atoms with Gasteiger partial charge in [0.25, 0.3) is 0 Å². The number of aromatic nitrogens is 2. The van der Waals surface area contributed by atoms with Crippen LogP contribution in [0.25, 0.3) is 10.2 Å². The Labute approximate surface area is 211 Å². The maximum atomic E-state index is 6.60. The molecule has 0 radical (unpaired) electrons. The first-order valence-corrected chi connectivity index (χ1v) is 14.0. The van der Waals surface area contributed by atoms with Crippen LogP contribution in [0.1, 0.15) is 37.6 Å². The topological polar surface area (TPSA) is 51.8 Å². The zero-order valence-electron chi connectivity index (χ0n) is 18.4. The summed E-state index contributed by atoms with van der Waals surface area (Å²) in [4.78, 5) is 12.1. The van der Waals surface area contributed by atoms with Gasteiger partial charge in [-0.05, 0) is 28.7 Å². The van der Waals surface area contributed by atoms with Crippen molar-refractivity contribution in [3.63, 3.8) is 0 Å². The number of benzene rings is 3. The molecule has 6 heteroatoms. The fourth-order valence-electron chi connectivity index (χ4n) is 4.47. The predicted octanol–water partition coefficient (Wildman–Crippen LogP) is 7.69. The van der Waals surface area contributed by atoms with Crippen molar-refractivity contribution in [2.45, 2.75) is 27.8 Å². The number of hydrogen-bond donors (Lipinski definition) is 1. The number of nitrogens with two attached hydrogens (primary N) is 1. The molecular formula is C28H23N3S3. The van der Waals surface area contributed by atoms with Gasteiger partial charge in [-0.1, -0.05) is 103 Å². The Kier molecular flexibility index (Phi) is 6.04. The van der Waals surface area contributed by atoms with E-state index in [1.54, 1.807) is 23.1 Å². The minimum Gasteiger partial charge on any atom is -0.383 e. The maximum Gasteiger partial charge on any atom is 0.191 e. The van der Waals surface area contributed by atoms with Crippen LogP contribution in [0.5, 0.6) is 0 Å². The van der Waals surface area contributed by atoms with Crippen LogP contribution in [0.15, 0.2) is 96.2 Å². The number of nitrogen functional groups attached to an aromatic ring is 1. The summed E-state index contributed by atoms with van der Waals surface area (Å²) in [5.74, 6) is 1.43. The molecule has 2 atom stereocenters. The SMILES string of the molecule is Nc1nc(SCc2ccccc2)nc2sc3c(c12)C[C@H](c1ccccc1)S[C@@H]3c1ccccc1. The molecule has 3 nitrogen and oxygen atoms in total. The lowest BCUT2D eigenvalue weighted by Crippen LogP contribution is -2.12. The van der Waals surface area contributed by atoms with Gasteiger partial charge in [0.05, 0.1) is 10.6 Å². The van der Waals surface area contributed by atoms with Crippen LogP contribution in [0.4, 0.5) is 5.82 Å². The Hall–Kier alpha value is -2.80. The Morgan fingerprint density at radius 3 is 2.18 bits per heavy atom. The first-order valence-electron chi connectivity index (χ1n) is 11.3. The summed E-state index contributed by atoms with van der Waals surface area (Å²) in [6.07, 6.45) is 0.942. The van der Waals surface area contributed by atoms with Crippen LogP contribution >= 0.6 is 34.9 Å². The second-order valence-electron chi connectivity index (χ2n) is 8.32. The molecule has 0 amide bonds. The van der Waals surface area contributed by atoms with Crippen LogP contribution in [-0.2, 0) is 12.2 Å². The Morgan fingerprint density at radius 2 is 1.47 bits per heavy atom. The van der Waals surface area contributed by atoms with E-state index in [0.717, 1.165) is 27.5 Å². The molecule has 0 saturated heterocycles. The van der Waals surface area contributed by atoms with Crippen LogP contribution in [0.2, 0.25) is 0 Å². The Morgan fingerprint density at radius 1 is 0.824 bits per heavy atom. The van der Waals surface area contributed by atoms with Crippen molar-refractivity contribution in [1.29, 1.82) is 0 Å². The van der Waals surface area contributed by atoms with E-state index < -0.39 is 0 Å². The zero-order valence-corrected chi connectivity index (χ0v) is 20.9. The highest BCUT2D eigenvalue weighted by molar-refractivity contribution is 8.00. The van der Waals surface area contributed by atoms with Crippen LogP contribution in [-0.4, -0.2) is 9.97 Å². The molecule has 5 aromatic rings. The molecule has 0 spiro atoms. The van der Waals surface area contributed by atoms with E-state index in [9.17, 15) is 0 Å². The molecule has 3 heterocycles. The molecule has 3 aromatic carbocycles. The molecule has 0 saturated carbocycles. The van der Waals surface area contributed by atoms with Crippen molar-refractivity contribution in [3.05, 3.63) is 118 Å². The third-order valence-corrected chi connectivity index (χ3v) is 9.91. The van der Waals surface area contributed by atoms with Gasteiger partial charge in [-0.15, -0.1) is 23.1 Å². The van der Waals surface area contributed by atoms with E-state index in [2.05, 4.69) is 84.9 Å². The van der Waals surface area contributed by atoms with Crippen LogP contribution in [0, 0.1) is 0 Å². The Bertz CT molecular complexity index is 1420. The van der Waals surface area contributed by atoms with Crippen molar-refractivity contribution >= 4 is 50.9 Å². The van der Waals surface area contributed by atoms with Crippen molar-refractivity contribution in [2.75, 3.05) is 5.73 Å². The quantitative estimate of drug-likeness (QED) is 0.199. The number of fused-ring (bicyclic) bond motifs is 3. The summed E-state index contributed by atoms with van der Waals surface area (Å²) in [7, 11) is 0. The number of thioether (sulfide) groups is 2. The van der Waals surface area contributed by atoms with E-state index in [-0.39, 0.29) is 5.25 Å². The molecule has 1 aliphatic heterocycles. The third-order valence-electron chi connectivity index (χ3n) is 6.10. The molecule has 2 N–H and O–H groups in total. The lowest BCUT2D eigenvalue weighted by Gasteiger charge is -2.30. The minimum atomic E-state index is 0.258. The van der Waals surface area contributed by atoms with Gasteiger partial charge in [0.15, 0.2) is 5.16 Å². The van der Waals surface area contributed by atoms with Gasteiger partial charge < -0.3 is 5.73 Å². The number of rotatable bonds is 5.